The van der Waals surface area contributed by atoms with Crippen molar-refractivity contribution in [3.63, 3.8) is 0 Å². The van der Waals surface area contributed by atoms with Crippen LogP contribution in [0.1, 0.15) is 6.92 Å². The smallest absolute Gasteiger partial charge is 0.411 e. The Bertz CT molecular complexity index is 1050. The van der Waals surface area contributed by atoms with Crippen molar-refractivity contribution in [2.75, 3.05) is 31.8 Å². The number of hydrogen-bond donors (Lipinski definition) is 4. The van der Waals surface area contributed by atoms with E-state index in [9.17, 15) is 28.8 Å². The van der Waals surface area contributed by atoms with Crippen molar-refractivity contribution in [1.82, 2.24) is 29.6 Å². The van der Waals surface area contributed by atoms with Gasteiger partial charge in [0.1, 0.15) is 18.0 Å². The summed E-state index contributed by atoms with van der Waals surface area (Å²) < 4.78 is 6.53. The second kappa shape index (κ2) is 8.76. The number of imide groups is 1. The maximum absolute atomic E-state index is 11.7. The van der Waals surface area contributed by atoms with Crippen LogP contribution >= 0.6 is 0 Å². The van der Waals surface area contributed by atoms with Crippen LogP contribution in [0.15, 0.2) is 9.59 Å². The fourth-order valence-corrected chi connectivity index (χ4v) is 2.90. The Morgan fingerprint density at radius 1 is 1.06 bits per heavy atom. The fourth-order valence-electron chi connectivity index (χ4n) is 2.90. The number of hydrogen-bond acceptors (Lipinski definition) is 8. The Labute approximate surface area is 175 Å². The largest absolute Gasteiger partial charge is 0.450 e. The van der Waals surface area contributed by atoms with Crippen LogP contribution in [0.5, 0.6) is 0 Å². The quantitative estimate of drug-likeness (QED) is 0.396. The van der Waals surface area contributed by atoms with E-state index in [1.54, 1.807) is 6.92 Å². The van der Waals surface area contributed by atoms with Crippen molar-refractivity contribution >= 4 is 35.6 Å². The Kier molecular flexibility index (Phi) is 6.57. The molecule has 0 aliphatic carbocycles. The monoisotopic (exact) mass is 440 g/mol. The van der Waals surface area contributed by atoms with Gasteiger partial charge in [0, 0.05) is 28.2 Å². The highest BCUT2D eigenvalue weighted by Crippen LogP contribution is 2.16. The van der Waals surface area contributed by atoms with Crippen molar-refractivity contribution in [1.29, 1.82) is 0 Å². The maximum atomic E-state index is 11.7. The standard InChI is InChI=1S/C9H14N4O4.C7H10N4O3/c1-4-17-8(15)11-5-6(10)12(2)9(16)13(3)7(5)14;1-10-4-3(8-6(13)9-4)5(12)11(2)7(10)14/h4,10H2,1-3H3,(H,11,15);3-4H,1-2H3,(H2,8,9,13). The van der Waals surface area contributed by atoms with Gasteiger partial charge in [-0.25, -0.2) is 19.2 Å². The van der Waals surface area contributed by atoms with Crippen LogP contribution in [0.2, 0.25) is 0 Å². The zero-order chi connectivity index (χ0) is 23.6. The van der Waals surface area contributed by atoms with Crippen LogP contribution < -0.4 is 32.9 Å². The van der Waals surface area contributed by atoms with Crippen molar-refractivity contribution < 1.29 is 23.9 Å². The van der Waals surface area contributed by atoms with Gasteiger partial charge in [-0.3, -0.25) is 28.9 Å². The molecule has 0 saturated carbocycles. The van der Waals surface area contributed by atoms with Crippen LogP contribution in [0.25, 0.3) is 0 Å². The molecule has 2 unspecified atom stereocenters. The number of anilines is 2. The van der Waals surface area contributed by atoms with Gasteiger partial charge in [0.2, 0.25) is 0 Å². The average Bonchev–Trinajstić information content (AvgIpc) is 3.13. The molecule has 3 rings (SSSR count). The molecule has 0 radical (unpaired) electrons. The van der Waals surface area contributed by atoms with E-state index in [0.717, 1.165) is 14.0 Å². The molecule has 2 aliphatic heterocycles. The first kappa shape index (κ1) is 23.2. The summed E-state index contributed by atoms with van der Waals surface area (Å²) in [5.41, 5.74) is 4.15. The van der Waals surface area contributed by atoms with Crippen molar-refractivity contribution in [3.05, 3.63) is 20.8 Å². The minimum atomic E-state index is -0.796. The molecule has 2 fully saturated rings. The summed E-state index contributed by atoms with van der Waals surface area (Å²) in [6.07, 6.45) is -1.37. The Morgan fingerprint density at radius 2 is 1.68 bits per heavy atom. The summed E-state index contributed by atoms with van der Waals surface area (Å²) in [5, 5.41) is 7.16. The third kappa shape index (κ3) is 4.29. The Morgan fingerprint density at radius 3 is 2.26 bits per heavy atom. The highest BCUT2D eigenvalue weighted by atomic mass is 16.5. The van der Waals surface area contributed by atoms with E-state index in [-0.39, 0.29) is 18.1 Å². The highest BCUT2D eigenvalue weighted by Gasteiger charge is 2.48. The van der Waals surface area contributed by atoms with Crippen LogP contribution in [0, 0.1) is 0 Å². The zero-order valence-corrected chi connectivity index (χ0v) is 17.6. The summed E-state index contributed by atoms with van der Waals surface area (Å²) in [7, 11) is 5.62. The Hall–Kier alpha value is -4.04. The average molecular weight is 440 g/mol. The van der Waals surface area contributed by atoms with Crippen LogP contribution in [0.4, 0.5) is 25.9 Å². The second-order valence-corrected chi connectivity index (χ2v) is 6.64. The number of nitrogens with one attached hydrogen (secondary N) is 3. The third-order valence-corrected chi connectivity index (χ3v) is 4.70. The fraction of sp³-hybridized carbons (Fsp3) is 0.500. The molecule has 2 aliphatic rings. The van der Waals surface area contributed by atoms with Gasteiger partial charge in [0.25, 0.3) is 11.5 Å². The van der Waals surface area contributed by atoms with E-state index in [2.05, 4.69) is 20.7 Å². The first-order valence-corrected chi connectivity index (χ1v) is 9.02. The van der Waals surface area contributed by atoms with Gasteiger partial charge in [-0.2, -0.15) is 0 Å². The number of rotatable bonds is 2. The number of likely N-dealkylation sites (N-methyl/N-ethyl adjacent to an activating group) is 2. The first-order valence-electron chi connectivity index (χ1n) is 9.02. The molecule has 0 bridgehead atoms. The number of urea groups is 2. The van der Waals surface area contributed by atoms with Crippen LogP contribution in [-0.2, 0) is 23.6 Å². The van der Waals surface area contributed by atoms with E-state index in [1.807, 2.05) is 0 Å². The molecule has 15 heteroatoms. The molecular weight excluding hydrogens is 416 g/mol. The number of nitrogens with zero attached hydrogens (tertiary/aromatic N) is 4. The normalized spacial score (nSPS) is 19.7. The molecule has 2 saturated heterocycles. The van der Waals surface area contributed by atoms with E-state index < -0.39 is 47.5 Å². The summed E-state index contributed by atoms with van der Waals surface area (Å²) in [6.45, 7) is 1.79. The number of aromatic nitrogens is 2. The predicted molar refractivity (Wildman–Crippen MR) is 107 cm³/mol. The molecule has 5 N–H and O–H groups in total. The number of carbonyl (C=O) groups excluding carboxylic acids is 4. The predicted octanol–water partition coefficient (Wildman–Crippen LogP) is -2.25. The number of nitrogen functional groups attached to an aromatic ring is 1. The topological polar surface area (TPSA) is 190 Å². The molecule has 0 spiro atoms. The lowest BCUT2D eigenvalue weighted by Gasteiger charge is -2.36. The number of carbonyl (C=O) groups is 4. The third-order valence-electron chi connectivity index (χ3n) is 4.70. The number of ether oxygens (including phenoxy) is 1. The van der Waals surface area contributed by atoms with Gasteiger partial charge in [0.15, 0.2) is 5.69 Å². The van der Waals surface area contributed by atoms with Crippen LogP contribution in [-0.4, -0.2) is 75.9 Å². The minimum Gasteiger partial charge on any atom is -0.450 e. The van der Waals surface area contributed by atoms with Gasteiger partial charge < -0.3 is 26.0 Å². The lowest BCUT2D eigenvalue weighted by molar-refractivity contribution is -0.133. The lowest BCUT2D eigenvalue weighted by Crippen LogP contribution is -2.64. The second-order valence-electron chi connectivity index (χ2n) is 6.64. The molecular formula is C16H24N8O7. The molecule has 6 amide bonds. The van der Waals surface area contributed by atoms with Crippen LogP contribution in [0.3, 0.4) is 0 Å². The van der Waals surface area contributed by atoms with E-state index in [0.29, 0.717) is 0 Å². The summed E-state index contributed by atoms with van der Waals surface area (Å²) in [4.78, 5) is 70.6. The summed E-state index contributed by atoms with van der Waals surface area (Å²) in [6, 6.07) is -1.52. The molecule has 0 aromatic carbocycles. The van der Waals surface area contributed by atoms with Gasteiger partial charge in [0.05, 0.1) is 6.61 Å². The summed E-state index contributed by atoms with van der Waals surface area (Å²) >= 11 is 0. The minimum absolute atomic E-state index is 0.119. The highest BCUT2D eigenvalue weighted by molar-refractivity contribution is 6.03. The van der Waals surface area contributed by atoms with Gasteiger partial charge in [-0.15, -0.1) is 0 Å². The van der Waals surface area contributed by atoms with Gasteiger partial charge >= 0.3 is 23.8 Å². The Balaban J connectivity index is 0.000000224. The number of amides is 6. The SMILES string of the molecule is CCOC(=O)Nc1c(N)n(C)c(=O)n(C)c1=O.CN1C(=O)C2NC(=O)NC2N(C)C1=O. The summed E-state index contributed by atoms with van der Waals surface area (Å²) in [5.74, 6) is -0.511. The molecule has 1 aromatic heterocycles. The van der Waals surface area contributed by atoms with Gasteiger partial charge in [-0.1, -0.05) is 0 Å². The van der Waals surface area contributed by atoms with E-state index in [4.69, 9.17) is 5.73 Å². The maximum Gasteiger partial charge on any atom is 0.411 e. The van der Waals surface area contributed by atoms with Crippen molar-refractivity contribution in [3.8, 4) is 0 Å². The van der Waals surface area contributed by atoms with Gasteiger partial charge in [-0.05, 0) is 6.92 Å². The number of nitrogens with two attached hydrogens (primary N) is 1. The molecule has 170 valence electrons. The molecule has 3 heterocycles. The zero-order valence-electron chi connectivity index (χ0n) is 17.6. The molecule has 15 nitrogen and oxygen atoms in total. The molecule has 31 heavy (non-hydrogen) atoms. The van der Waals surface area contributed by atoms with Crippen molar-refractivity contribution in [2.24, 2.45) is 14.1 Å². The first-order chi connectivity index (χ1) is 14.4. The molecule has 1 aromatic rings. The number of fused-ring (bicyclic) bond motifs is 1. The van der Waals surface area contributed by atoms with Crippen molar-refractivity contribution in [2.45, 2.75) is 19.1 Å². The lowest BCUT2D eigenvalue weighted by atomic mass is 10.1. The van der Waals surface area contributed by atoms with E-state index in [1.165, 1.54) is 33.1 Å². The van der Waals surface area contributed by atoms with E-state index >= 15 is 0 Å². The molecule has 2 atom stereocenters.